The van der Waals surface area contributed by atoms with Crippen molar-refractivity contribution < 1.29 is 4.79 Å². The largest absolute Gasteiger partial charge is 0.337 e. The van der Waals surface area contributed by atoms with Crippen LogP contribution in [0.1, 0.15) is 24.9 Å². The van der Waals surface area contributed by atoms with Crippen LogP contribution in [0.25, 0.3) is 0 Å². The molecule has 15 heavy (non-hydrogen) atoms. The maximum absolute atomic E-state index is 11.5. The third kappa shape index (κ3) is 1.63. The van der Waals surface area contributed by atoms with Crippen LogP contribution in [0.2, 0.25) is 0 Å². The molecule has 0 spiro atoms. The van der Waals surface area contributed by atoms with Crippen molar-refractivity contribution in [2.75, 3.05) is 7.05 Å². The van der Waals surface area contributed by atoms with Gasteiger partial charge in [-0.2, -0.15) is 5.10 Å². The van der Waals surface area contributed by atoms with Gasteiger partial charge in [0.25, 0.3) is 0 Å². The lowest BCUT2D eigenvalue weighted by Gasteiger charge is -2.21. The highest BCUT2D eigenvalue weighted by molar-refractivity contribution is 5.80. The first-order valence-electron chi connectivity index (χ1n) is 5.17. The van der Waals surface area contributed by atoms with Crippen molar-refractivity contribution in [3.05, 3.63) is 18.0 Å². The quantitative estimate of drug-likeness (QED) is 0.751. The van der Waals surface area contributed by atoms with Crippen LogP contribution in [0, 0.1) is 0 Å². The van der Waals surface area contributed by atoms with E-state index in [-0.39, 0.29) is 18.0 Å². The van der Waals surface area contributed by atoms with E-state index in [9.17, 15) is 4.79 Å². The zero-order valence-corrected chi connectivity index (χ0v) is 9.05. The Bertz CT molecular complexity index is 373. The summed E-state index contributed by atoms with van der Waals surface area (Å²) in [6, 6.07) is -0.130. The molecule has 0 aromatic carbocycles. The predicted molar refractivity (Wildman–Crippen MR) is 56.0 cm³/mol. The van der Waals surface area contributed by atoms with E-state index in [0.29, 0.717) is 6.42 Å². The minimum atomic E-state index is -0.114. The number of amides is 1. The highest BCUT2D eigenvalue weighted by Crippen LogP contribution is 2.29. The van der Waals surface area contributed by atoms with Gasteiger partial charge in [0.15, 0.2) is 0 Å². The number of rotatable bonds is 2. The Morgan fingerprint density at radius 3 is 2.87 bits per heavy atom. The lowest BCUT2D eigenvalue weighted by molar-refractivity contribution is -0.127. The second-order valence-corrected chi connectivity index (χ2v) is 3.95. The number of aromatic nitrogens is 2. The van der Waals surface area contributed by atoms with Crippen molar-refractivity contribution in [1.82, 2.24) is 14.7 Å². The van der Waals surface area contributed by atoms with Crippen LogP contribution >= 0.6 is 0 Å². The summed E-state index contributed by atoms with van der Waals surface area (Å²) < 4.78 is 1.85. The van der Waals surface area contributed by atoms with E-state index < -0.39 is 0 Å². The zero-order valence-electron chi connectivity index (χ0n) is 9.05. The van der Waals surface area contributed by atoms with Gasteiger partial charge in [-0.25, -0.2) is 0 Å². The number of nitrogens with two attached hydrogens (primary N) is 1. The van der Waals surface area contributed by atoms with E-state index in [1.165, 1.54) is 0 Å². The summed E-state index contributed by atoms with van der Waals surface area (Å²) in [6.45, 7) is 2.86. The zero-order chi connectivity index (χ0) is 11.0. The SMILES string of the molecule is CCn1cc(C2C(N)CC(=O)N2C)cn1. The molecule has 1 aromatic heterocycles. The molecular formula is C10H16N4O. The van der Waals surface area contributed by atoms with Gasteiger partial charge in [0.1, 0.15) is 0 Å². The number of hydrogen-bond donors (Lipinski definition) is 1. The molecule has 2 N–H and O–H groups in total. The van der Waals surface area contributed by atoms with Crippen LogP contribution < -0.4 is 5.73 Å². The highest BCUT2D eigenvalue weighted by atomic mass is 16.2. The molecular weight excluding hydrogens is 192 g/mol. The number of carbonyl (C=O) groups excluding carboxylic acids is 1. The number of hydrogen-bond acceptors (Lipinski definition) is 3. The summed E-state index contributed by atoms with van der Waals surface area (Å²) in [5.41, 5.74) is 6.97. The second-order valence-electron chi connectivity index (χ2n) is 3.95. The lowest BCUT2D eigenvalue weighted by Crippen LogP contribution is -2.29. The molecule has 0 bridgehead atoms. The van der Waals surface area contributed by atoms with Crippen molar-refractivity contribution in [3.63, 3.8) is 0 Å². The van der Waals surface area contributed by atoms with Crippen LogP contribution in [0.3, 0.4) is 0 Å². The van der Waals surface area contributed by atoms with Gasteiger partial charge < -0.3 is 10.6 Å². The number of nitrogens with zero attached hydrogens (tertiary/aromatic N) is 3. The lowest BCUT2D eigenvalue weighted by atomic mass is 10.1. The van der Waals surface area contributed by atoms with E-state index in [1.54, 1.807) is 18.1 Å². The second kappa shape index (κ2) is 3.66. The number of carbonyl (C=O) groups is 1. The van der Waals surface area contributed by atoms with Gasteiger partial charge >= 0.3 is 0 Å². The topological polar surface area (TPSA) is 64.2 Å². The Hall–Kier alpha value is -1.36. The van der Waals surface area contributed by atoms with Gasteiger partial charge in [-0.3, -0.25) is 9.48 Å². The summed E-state index contributed by atoms with van der Waals surface area (Å²) in [6.07, 6.45) is 4.18. The number of aryl methyl sites for hydroxylation is 1. The monoisotopic (exact) mass is 208 g/mol. The normalized spacial score (nSPS) is 26.3. The molecule has 0 radical (unpaired) electrons. The first-order valence-corrected chi connectivity index (χ1v) is 5.17. The van der Waals surface area contributed by atoms with Crippen molar-refractivity contribution >= 4 is 5.91 Å². The Morgan fingerprint density at radius 1 is 1.67 bits per heavy atom. The van der Waals surface area contributed by atoms with Crippen molar-refractivity contribution in [2.45, 2.75) is 32.0 Å². The Morgan fingerprint density at radius 2 is 2.40 bits per heavy atom. The van der Waals surface area contributed by atoms with Crippen molar-refractivity contribution in [1.29, 1.82) is 0 Å². The van der Waals surface area contributed by atoms with Crippen molar-refractivity contribution in [2.24, 2.45) is 5.73 Å². The minimum Gasteiger partial charge on any atom is -0.337 e. The standard InChI is InChI=1S/C10H16N4O/c1-3-14-6-7(5-12-14)10-8(11)4-9(15)13(10)2/h5-6,8,10H,3-4,11H2,1-2H3. The molecule has 2 unspecified atom stereocenters. The van der Waals surface area contributed by atoms with Gasteiger partial charge in [0, 0.05) is 37.8 Å². The average Bonchev–Trinajstić information content (AvgIpc) is 2.74. The molecule has 1 amide bonds. The molecule has 1 aliphatic rings. The summed E-state index contributed by atoms with van der Waals surface area (Å²) in [7, 11) is 1.79. The molecule has 2 rings (SSSR count). The maximum atomic E-state index is 11.5. The van der Waals surface area contributed by atoms with Crippen LogP contribution in [-0.4, -0.2) is 33.7 Å². The minimum absolute atomic E-state index is 0.0159. The van der Waals surface area contributed by atoms with E-state index >= 15 is 0 Å². The Kier molecular flexibility index (Phi) is 2.48. The molecule has 1 fully saturated rings. The molecule has 82 valence electrons. The fourth-order valence-corrected chi connectivity index (χ4v) is 2.08. The van der Waals surface area contributed by atoms with Crippen LogP contribution in [0.5, 0.6) is 0 Å². The highest BCUT2D eigenvalue weighted by Gasteiger charge is 2.36. The smallest absolute Gasteiger partial charge is 0.224 e. The first kappa shape index (κ1) is 10.2. The third-order valence-electron chi connectivity index (χ3n) is 2.95. The predicted octanol–water partition coefficient (Wildman–Crippen LogP) is 0.133. The Balaban J connectivity index is 2.26. The first-order chi connectivity index (χ1) is 7.13. The number of likely N-dealkylation sites (tertiary alicyclic amines) is 1. The Labute approximate surface area is 88.8 Å². The van der Waals surface area contributed by atoms with Gasteiger partial charge in [-0.15, -0.1) is 0 Å². The average molecular weight is 208 g/mol. The summed E-state index contributed by atoms with van der Waals surface area (Å²) >= 11 is 0. The van der Waals surface area contributed by atoms with Crippen LogP contribution in [-0.2, 0) is 11.3 Å². The van der Waals surface area contributed by atoms with Crippen LogP contribution in [0.15, 0.2) is 12.4 Å². The van der Waals surface area contributed by atoms with Crippen LogP contribution in [0.4, 0.5) is 0 Å². The molecule has 5 heteroatoms. The van der Waals surface area contributed by atoms with Gasteiger partial charge in [0.05, 0.1) is 12.2 Å². The fourth-order valence-electron chi connectivity index (χ4n) is 2.08. The molecule has 0 aliphatic carbocycles. The van der Waals surface area contributed by atoms with E-state index in [2.05, 4.69) is 5.10 Å². The van der Waals surface area contributed by atoms with E-state index in [4.69, 9.17) is 5.73 Å². The summed E-state index contributed by atoms with van der Waals surface area (Å²) in [4.78, 5) is 13.2. The molecule has 2 atom stereocenters. The molecule has 2 heterocycles. The van der Waals surface area contributed by atoms with Gasteiger partial charge in [-0.1, -0.05) is 0 Å². The summed E-state index contributed by atoms with van der Waals surface area (Å²) in [5.74, 6) is 0.108. The molecule has 1 saturated heterocycles. The summed E-state index contributed by atoms with van der Waals surface area (Å²) in [5, 5.41) is 4.20. The molecule has 0 saturated carbocycles. The van der Waals surface area contributed by atoms with E-state index in [0.717, 1.165) is 12.1 Å². The molecule has 1 aromatic rings. The maximum Gasteiger partial charge on any atom is 0.224 e. The fraction of sp³-hybridized carbons (Fsp3) is 0.600. The van der Waals surface area contributed by atoms with Crippen molar-refractivity contribution in [3.8, 4) is 0 Å². The molecule has 1 aliphatic heterocycles. The van der Waals surface area contributed by atoms with Gasteiger partial charge in [0.2, 0.25) is 5.91 Å². The van der Waals surface area contributed by atoms with Gasteiger partial charge in [-0.05, 0) is 6.92 Å². The number of likely N-dealkylation sites (N-methyl/N-ethyl adjacent to an activating group) is 1. The van der Waals surface area contributed by atoms with E-state index in [1.807, 2.05) is 17.8 Å². The molecule has 5 nitrogen and oxygen atoms in total. The third-order valence-corrected chi connectivity index (χ3v) is 2.95.